The molecule has 0 bridgehead atoms. The van der Waals surface area contributed by atoms with Crippen molar-refractivity contribution >= 4 is 5.97 Å². The number of nitrogens with zero attached hydrogens (tertiary/aromatic N) is 4. The fourth-order valence-electron chi connectivity index (χ4n) is 3.03. The smallest absolute Gasteiger partial charge is 0.327 e. The first-order chi connectivity index (χ1) is 14.0. The lowest BCUT2D eigenvalue weighted by molar-refractivity contribution is -0.144. The molecule has 0 aliphatic rings. The first kappa shape index (κ1) is 20.5. The predicted molar refractivity (Wildman–Crippen MR) is 111 cm³/mol. The first-order valence-corrected chi connectivity index (χ1v) is 9.49. The second-order valence-electron chi connectivity index (χ2n) is 6.89. The van der Waals surface area contributed by atoms with Gasteiger partial charge < -0.3 is 14.4 Å². The monoisotopic (exact) mass is 394 g/mol. The lowest BCUT2D eigenvalue weighted by Crippen LogP contribution is -2.15. The zero-order chi connectivity index (χ0) is 20.8. The average molecular weight is 394 g/mol. The zero-order valence-corrected chi connectivity index (χ0v) is 17.3. The van der Waals surface area contributed by atoms with E-state index in [1.807, 2.05) is 50.5 Å². The Bertz CT molecular complexity index is 964. The minimum absolute atomic E-state index is 0.00420. The molecular weight excluding hydrogens is 368 g/mol. The predicted octanol–water partition coefficient (Wildman–Crippen LogP) is 3.25. The van der Waals surface area contributed by atoms with E-state index in [0.717, 1.165) is 29.0 Å². The van der Waals surface area contributed by atoms with E-state index in [2.05, 4.69) is 22.1 Å². The molecule has 0 unspecified atom stereocenters. The highest BCUT2D eigenvalue weighted by molar-refractivity contribution is 5.71. The highest BCUT2D eigenvalue weighted by atomic mass is 16.5. The fraction of sp³-hybridized carbons (Fsp3) is 0.318. The number of carbonyl (C=O) groups excluding carboxylic acids is 1. The maximum absolute atomic E-state index is 12.1. The molecule has 0 N–H and O–H groups in total. The van der Waals surface area contributed by atoms with Gasteiger partial charge in [-0.1, -0.05) is 18.2 Å². The molecule has 0 saturated carbocycles. The molecule has 3 aromatic rings. The Hall–Kier alpha value is -3.19. The summed E-state index contributed by atoms with van der Waals surface area (Å²) in [6, 6.07) is 15.6. The third kappa shape index (κ3) is 5.20. The van der Waals surface area contributed by atoms with E-state index < -0.39 is 0 Å². The third-order valence-electron chi connectivity index (χ3n) is 4.29. The highest BCUT2D eigenvalue weighted by Gasteiger charge is 2.17. The Balaban J connectivity index is 2.01. The van der Waals surface area contributed by atoms with Crippen molar-refractivity contribution in [3.63, 3.8) is 0 Å². The molecule has 0 atom stereocenters. The fourth-order valence-corrected chi connectivity index (χ4v) is 3.03. The minimum Gasteiger partial charge on any atom is -0.497 e. The molecule has 7 heteroatoms. The van der Waals surface area contributed by atoms with Crippen LogP contribution in [0.2, 0.25) is 0 Å². The van der Waals surface area contributed by atoms with Crippen molar-refractivity contribution in [1.29, 1.82) is 0 Å². The van der Waals surface area contributed by atoms with E-state index in [-0.39, 0.29) is 12.5 Å². The number of hydrogen-bond donors (Lipinski definition) is 0. The van der Waals surface area contributed by atoms with Crippen molar-refractivity contribution in [2.45, 2.75) is 20.0 Å². The van der Waals surface area contributed by atoms with Crippen LogP contribution in [0.25, 0.3) is 22.8 Å². The van der Waals surface area contributed by atoms with Crippen molar-refractivity contribution < 1.29 is 14.3 Å². The van der Waals surface area contributed by atoms with E-state index >= 15 is 0 Å². The molecule has 0 amide bonds. The molecule has 0 radical (unpaired) electrons. The lowest BCUT2D eigenvalue weighted by Gasteiger charge is -2.11. The number of aromatic nitrogens is 3. The molecule has 0 fully saturated rings. The van der Waals surface area contributed by atoms with Gasteiger partial charge in [0.1, 0.15) is 12.3 Å². The van der Waals surface area contributed by atoms with Crippen molar-refractivity contribution in [1.82, 2.24) is 19.7 Å². The average Bonchev–Trinajstić information content (AvgIpc) is 3.11. The number of hydrogen-bond acceptors (Lipinski definition) is 6. The van der Waals surface area contributed by atoms with Crippen molar-refractivity contribution in [3.05, 3.63) is 54.1 Å². The van der Waals surface area contributed by atoms with Crippen LogP contribution < -0.4 is 4.74 Å². The summed E-state index contributed by atoms with van der Waals surface area (Å²) in [5.41, 5.74) is 2.91. The van der Waals surface area contributed by atoms with Gasteiger partial charge in [-0.2, -0.15) is 0 Å². The van der Waals surface area contributed by atoms with Gasteiger partial charge in [-0.25, -0.2) is 9.67 Å². The summed E-state index contributed by atoms with van der Waals surface area (Å²) in [6.45, 7) is 2.93. The molecule has 0 aliphatic heterocycles. The van der Waals surface area contributed by atoms with Gasteiger partial charge in [0.2, 0.25) is 0 Å². The molecule has 29 heavy (non-hydrogen) atoms. The summed E-state index contributed by atoms with van der Waals surface area (Å²) in [6.07, 6.45) is 0. The number of methoxy groups -OCH3 is 1. The largest absolute Gasteiger partial charge is 0.497 e. The van der Waals surface area contributed by atoms with Crippen LogP contribution in [-0.2, 0) is 22.6 Å². The molecule has 152 valence electrons. The van der Waals surface area contributed by atoms with Crippen LogP contribution in [0.15, 0.2) is 48.5 Å². The van der Waals surface area contributed by atoms with Gasteiger partial charge in [-0.15, -0.1) is 5.10 Å². The van der Waals surface area contributed by atoms with Crippen LogP contribution >= 0.6 is 0 Å². The topological polar surface area (TPSA) is 69.5 Å². The molecule has 2 aromatic carbocycles. The molecular formula is C22H26N4O3. The summed E-state index contributed by atoms with van der Waals surface area (Å²) >= 11 is 0. The number of ether oxygens (including phenoxy) is 2. The zero-order valence-electron chi connectivity index (χ0n) is 17.3. The van der Waals surface area contributed by atoms with Gasteiger partial charge in [0.05, 0.1) is 13.7 Å². The highest BCUT2D eigenvalue weighted by Crippen LogP contribution is 2.25. The SMILES string of the molecule is CCOC(=O)Cn1nc(-c2ccc(OC)cc2)nc1-c1cccc(CN(C)C)c1. The number of benzene rings is 2. The van der Waals surface area contributed by atoms with Crippen LogP contribution in [0.1, 0.15) is 12.5 Å². The van der Waals surface area contributed by atoms with Crippen LogP contribution in [0.4, 0.5) is 0 Å². The molecule has 0 spiro atoms. The third-order valence-corrected chi connectivity index (χ3v) is 4.29. The standard InChI is InChI=1S/C22H26N4O3/c1-5-29-20(27)15-26-22(18-8-6-7-16(13-18)14-25(2)3)23-21(24-26)17-9-11-19(28-4)12-10-17/h6-13H,5,14-15H2,1-4H3. The summed E-state index contributed by atoms with van der Waals surface area (Å²) in [5, 5.41) is 4.58. The van der Waals surface area contributed by atoms with Crippen LogP contribution in [0.3, 0.4) is 0 Å². The van der Waals surface area contributed by atoms with E-state index in [9.17, 15) is 4.79 Å². The molecule has 3 rings (SSSR count). The van der Waals surface area contributed by atoms with E-state index in [1.165, 1.54) is 0 Å². The molecule has 1 aromatic heterocycles. The quantitative estimate of drug-likeness (QED) is 0.546. The molecule has 7 nitrogen and oxygen atoms in total. The number of carbonyl (C=O) groups is 1. The molecule has 0 saturated heterocycles. The second kappa shape index (κ2) is 9.34. The number of esters is 1. The van der Waals surface area contributed by atoms with Crippen molar-refractivity contribution in [3.8, 4) is 28.5 Å². The van der Waals surface area contributed by atoms with Crippen molar-refractivity contribution in [2.75, 3.05) is 27.8 Å². The maximum Gasteiger partial charge on any atom is 0.327 e. The Morgan fingerprint density at radius 2 is 1.86 bits per heavy atom. The van der Waals surface area contributed by atoms with Gasteiger partial charge in [0.15, 0.2) is 11.6 Å². The number of rotatable bonds is 8. The summed E-state index contributed by atoms with van der Waals surface area (Å²) < 4.78 is 11.9. The minimum atomic E-state index is -0.343. The van der Waals surface area contributed by atoms with Gasteiger partial charge in [0, 0.05) is 17.7 Å². The first-order valence-electron chi connectivity index (χ1n) is 9.49. The van der Waals surface area contributed by atoms with Gasteiger partial charge in [-0.3, -0.25) is 4.79 Å². The summed E-state index contributed by atoms with van der Waals surface area (Å²) in [5.74, 6) is 1.59. The van der Waals surface area contributed by atoms with Gasteiger partial charge >= 0.3 is 5.97 Å². The summed E-state index contributed by atoms with van der Waals surface area (Å²) in [4.78, 5) is 18.9. The Morgan fingerprint density at radius 1 is 1.10 bits per heavy atom. The van der Waals surface area contributed by atoms with Crippen LogP contribution in [-0.4, -0.2) is 53.4 Å². The Morgan fingerprint density at radius 3 is 2.52 bits per heavy atom. The second-order valence-corrected chi connectivity index (χ2v) is 6.89. The van der Waals surface area contributed by atoms with Crippen molar-refractivity contribution in [2.24, 2.45) is 0 Å². The lowest BCUT2D eigenvalue weighted by atomic mass is 10.1. The Kier molecular flexibility index (Phi) is 6.61. The summed E-state index contributed by atoms with van der Waals surface area (Å²) in [7, 11) is 5.68. The normalized spacial score (nSPS) is 10.9. The molecule has 0 aliphatic carbocycles. The van der Waals surface area contributed by atoms with Gasteiger partial charge in [-0.05, 0) is 56.9 Å². The Labute approximate surface area is 170 Å². The van der Waals surface area contributed by atoms with E-state index in [1.54, 1.807) is 18.7 Å². The van der Waals surface area contributed by atoms with E-state index in [0.29, 0.717) is 18.3 Å². The molecule has 1 heterocycles. The van der Waals surface area contributed by atoms with Crippen LogP contribution in [0.5, 0.6) is 5.75 Å². The van der Waals surface area contributed by atoms with Crippen LogP contribution in [0, 0.1) is 0 Å². The van der Waals surface area contributed by atoms with E-state index in [4.69, 9.17) is 14.5 Å². The maximum atomic E-state index is 12.1. The van der Waals surface area contributed by atoms with Gasteiger partial charge in [0.25, 0.3) is 0 Å².